The molecule has 0 spiro atoms. The lowest BCUT2D eigenvalue weighted by molar-refractivity contribution is -0.147. The van der Waals surface area contributed by atoms with E-state index < -0.39 is 11.9 Å². The van der Waals surface area contributed by atoms with E-state index in [4.69, 9.17) is 4.74 Å². The van der Waals surface area contributed by atoms with Gasteiger partial charge in [0.1, 0.15) is 6.54 Å². The molecule has 0 aliphatic carbocycles. The van der Waals surface area contributed by atoms with E-state index >= 15 is 0 Å². The second-order valence-electron chi connectivity index (χ2n) is 7.98. The molecule has 8 nitrogen and oxygen atoms in total. The minimum Gasteiger partial charge on any atom is -0.454 e. The van der Waals surface area contributed by atoms with E-state index in [-0.39, 0.29) is 31.0 Å². The molecule has 0 saturated carbocycles. The highest BCUT2D eigenvalue weighted by Crippen LogP contribution is 2.21. The molecule has 1 heterocycles. The zero-order valence-corrected chi connectivity index (χ0v) is 17.9. The van der Waals surface area contributed by atoms with Gasteiger partial charge in [-0.1, -0.05) is 13.8 Å². The zero-order valence-electron chi connectivity index (χ0n) is 17.9. The Morgan fingerprint density at radius 1 is 1.10 bits per heavy atom. The van der Waals surface area contributed by atoms with Crippen molar-refractivity contribution in [1.82, 2.24) is 10.6 Å². The number of esters is 1. The summed E-state index contributed by atoms with van der Waals surface area (Å²) in [6, 6.07) is 6.64. The highest BCUT2D eigenvalue weighted by atomic mass is 16.5. The van der Waals surface area contributed by atoms with Gasteiger partial charge in [0.15, 0.2) is 6.61 Å². The summed E-state index contributed by atoms with van der Waals surface area (Å²) < 4.78 is 4.91. The topological polar surface area (TPSA) is 105 Å². The molecule has 1 fully saturated rings. The lowest BCUT2D eigenvalue weighted by atomic mass is 10.0. The first-order chi connectivity index (χ1) is 14.3. The molecule has 1 saturated heterocycles. The van der Waals surface area contributed by atoms with E-state index in [2.05, 4.69) is 24.5 Å². The lowest BCUT2D eigenvalue weighted by Gasteiger charge is -2.16. The molecule has 1 aromatic carbocycles. The van der Waals surface area contributed by atoms with Crippen LogP contribution in [0.2, 0.25) is 0 Å². The van der Waals surface area contributed by atoms with Crippen LogP contribution in [0.15, 0.2) is 24.3 Å². The standard InChI is InChI=1S/C22H31N3O5/c1-15(2)6-7-16(3)24-19(26)14-30-21(28)13-23-22(29)17-8-10-18(11-9-17)25-12-4-5-20(25)27/h8-11,15-16H,4-7,12-14H2,1-3H3,(H,23,29)(H,24,26)/t16-/m1/s1. The average molecular weight is 418 g/mol. The molecular formula is C22H31N3O5. The third-order valence-electron chi connectivity index (χ3n) is 4.86. The van der Waals surface area contributed by atoms with E-state index in [1.54, 1.807) is 29.2 Å². The summed E-state index contributed by atoms with van der Waals surface area (Å²) in [6.45, 7) is 6.12. The van der Waals surface area contributed by atoms with Crippen molar-refractivity contribution < 1.29 is 23.9 Å². The van der Waals surface area contributed by atoms with E-state index in [9.17, 15) is 19.2 Å². The van der Waals surface area contributed by atoms with Crippen molar-refractivity contribution in [3.8, 4) is 0 Å². The van der Waals surface area contributed by atoms with Crippen LogP contribution in [0.1, 0.15) is 56.8 Å². The Morgan fingerprint density at radius 2 is 1.80 bits per heavy atom. The molecule has 0 aromatic heterocycles. The van der Waals surface area contributed by atoms with Gasteiger partial charge in [0.25, 0.3) is 11.8 Å². The largest absolute Gasteiger partial charge is 0.454 e. The molecular weight excluding hydrogens is 386 g/mol. The number of hydrogen-bond acceptors (Lipinski definition) is 5. The van der Waals surface area contributed by atoms with Crippen molar-refractivity contribution >= 4 is 29.4 Å². The number of hydrogen-bond donors (Lipinski definition) is 2. The summed E-state index contributed by atoms with van der Waals surface area (Å²) in [5, 5.41) is 5.25. The van der Waals surface area contributed by atoms with Crippen molar-refractivity contribution in [2.24, 2.45) is 5.92 Å². The first-order valence-corrected chi connectivity index (χ1v) is 10.4. The van der Waals surface area contributed by atoms with Gasteiger partial charge in [0.05, 0.1) is 0 Å². The number of anilines is 1. The fourth-order valence-electron chi connectivity index (χ4n) is 3.14. The normalized spacial score (nSPS) is 14.5. The Bertz CT molecular complexity index is 761. The van der Waals surface area contributed by atoms with Crippen LogP contribution in [0.3, 0.4) is 0 Å². The molecule has 2 rings (SSSR count). The van der Waals surface area contributed by atoms with Gasteiger partial charge in [-0.05, 0) is 56.4 Å². The number of nitrogens with one attached hydrogen (secondary N) is 2. The number of carbonyl (C=O) groups excluding carboxylic acids is 4. The molecule has 0 unspecified atom stereocenters. The van der Waals surface area contributed by atoms with E-state index in [0.717, 1.165) is 24.9 Å². The Morgan fingerprint density at radius 3 is 2.40 bits per heavy atom. The minimum absolute atomic E-state index is 0.0112. The molecule has 8 heteroatoms. The van der Waals surface area contributed by atoms with E-state index in [1.807, 2.05) is 6.92 Å². The van der Waals surface area contributed by atoms with Gasteiger partial charge in [-0.2, -0.15) is 0 Å². The maximum atomic E-state index is 12.2. The van der Waals surface area contributed by atoms with Crippen molar-refractivity contribution in [3.05, 3.63) is 29.8 Å². The van der Waals surface area contributed by atoms with Gasteiger partial charge in [-0.15, -0.1) is 0 Å². The summed E-state index contributed by atoms with van der Waals surface area (Å²) in [5.41, 5.74) is 1.12. The molecule has 0 radical (unpaired) electrons. The van der Waals surface area contributed by atoms with Crippen LogP contribution in [0.5, 0.6) is 0 Å². The predicted octanol–water partition coefficient (Wildman–Crippen LogP) is 2.03. The average Bonchev–Trinajstić information content (AvgIpc) is 3.15. The van der Waals surface area contributed by atoms with Gasteiger partial charge in [0, 0.05) is 30.3 Å². The number of carbonyl (C=O) groups is 4. The maximum absolute atomic E-state index is 12.2. The van der Waals surface area contributed by atoms with Gasteiger partial charge in [-0.3, -0.25) is 19.2 Å². The summed E-state index contributed by atoms with van der Waals surface area (Å²) >= 11 is 0. The van der Waals surface area contributed by atoms with Gasteiger partial charge in [-0.25, -0.2) is 0 Å². The Kier molecular flexibility index (Phi) is 8.83. The third kappa shape index (κ3) is 7.50. The fraction of sp³-hybridized carbons (Fsp3) is 0.545. The predicted molar refractivity (Wildman–Crippen MR) is 113 cm³/mol. The second-order valence-corrected chi connectivity index (χ2v) is 7.98. The van der Waals surface area contributed by atoms with E-state index in [0.29, 0.717) is 24.4 Å². The molecule has 1 aliphatic rings. The second kappa shape index (κ2) is 11.3. The smallest absolute Gasteiger partial charge is 0.325 e. The highest BCUT2D eigenvalue weighted by molar-refractivity contribution is 5.98. The molecule has 0 bridgehead atoms. The highest BCUT2D eigenvalue weighted by Gasteiger charge is 2.21. The van der Waals surface area contributed by atoms with Gasteiger partial charge >= 0.3 is 5.97 Å². The summed E-state index contributed by atoms with van der Waals surface area (Å²) in [5.74, 6) is -0.846. The Hall–Kier alpha value is -2.90. The van der Waals surface area contributed by atoms with Crippen LogP contribution in [-0.2, 0) is 19.1 Å². The van der Waals surface area contributed by atoms with Crippen LogP contribution in [0.4, 0.5) is 5.69 Å². The first kappa shape index (κ1) is 23.4. The number of benzene rings is 1. The van der Waals surface area contributed by atoms with Gasteiger partial charge in [0.2, 0.25) is 5.91 Å². The third-order valence-corrected chi connectivity index (χ3v) is 4.86. The van der Waals surface area contributed by atoms with E-state index in [1.165, 1.54) is 0 Å². The summed E-state index contributed by atoms with van der Waals surface area (Å²) in [4.78, 5) is 49.2. The SMILES string of the molecule is CC(C)CC[C@@H](C)NC(=O)COC(=O)CNC(=O)c1ccc(N2CCCC2=O)cc1. The lowest BCUT2D eigenvalue weighted by Crippen LogP contribution is -2.37. The van der Waals surface area contributed by atoms with Crippen LogP contribution < -0.4 is 15.5 Å². The monoisotopic (exact) mass is 417 g/mol. The van der Waals surface area contributed by atoms with Crippen molar-refractivity contribution in [2.45, 2.75) is 52.5 Å². The minimum atomic E-state index is -0.687. The van der Waals surface area contributed by atoms with Crippen LogP contribution in [0.25, 0.3) is 0 Å². The summed E-state index contributed by atoms with van der Waals surface area (Å²) in [7, 11) is 0. The molecule has 1 aliphatic heterocycles. The van der Waals surface area contributed by atoms with Crippen molar-refractivity contribution in [2.75, 3.05) is 24.6 Å². The number of rotatable bonds is 10. The first-order valence-electron chi connectivity index (χ1n) is 10.4. The quantitative estimate of drug-likeness (QED) is 0.567. The molecule has 164 valence electrons. The Labute approximate surface area is 177 Å². The molecule has 30 heavy (non-hydrogen) atoms. The molecule has 3 amide bonds. The van der Waals surface area contributed by atoms with Crippen LogP contribution in [0, 0.1) is 5.92 Å². The Balaban J connectivity index is 1.69. The summed E-state index contributed by atoms with van der Waals surface area (Å²) in [6.07, 6.45) is 3.23. The molecule has 2 N–H and O–H groups in total. The number of ether oxygens (including phenoxy) is 1. The van der Waals surface area contributed by atoms with Crippen LogP contribution in [-0.4, -0.2) is 49.4 Å². The fourth-order valence-corrected chi connectivity index (χ4v) is 3.14. The number of nitrogens with zero attached hydrogens (tertiary/aromatic N) is 1. The number of amides is 3. The zero-order chi connectivity index (χ0) is 22.1. The van der Waals surface area contributed by atoms with Crippen LogP contribution >= 0.6 is 0 Å². The molecule has 1 atom stereocenters. The van der Waals surface area contributed by atoms with Crippen molar-refractivity contribution in [1.29, 1.82) is 0 Å². The van der Waals surface area contributed by atoms with Crippen molar-refractivity contribution in [3.63, 3.8) is 0 Å². The van der Waals surface area contributed by atoms with Gasteiger partial charge < -0.3 is 20.3 Å². The molecule has 1 aromatic rings. The maximum Gasteiger partial charge on any atom is 0.325 e.